The van der Waals surface area contributed by atoms with Crippen molar-refractivity contribution in [2.75, 3.05) is 0 Å². The zero-order valence-electron chi connectivity index (χ0n) is 46.6. The summed E-state index contributed by atoms with van der Waals surface area (Å²) in [6, 6.07) is 38.7. The first-order chi connectivity index (χ1) is 37.9. The molecule has 15 heteroatoms. The van der Waals surface area contributed by atoms with Crippen LogP contribution in [0, 0.1) is 24.0 Å². The summed E-state index contributed by atoms with van der Waals surface area (Å²) in [4.78, 5) is 16.4. The minimum Gasteiger partial charge on any atom is -0.224 e. The zero-order chi connectivity index (χ0) is 52.9. The molecule has 79 heavy (non-hydrogen) atoms. The Balaban J connectivity index is 0.00000378. The quantitative estimate of drug-likeness (QED) is 0.0279. The molecule has 9 heterocycles. The van der Waals surface area contributed by atoms with Crippen LogP contribution >= 0.6 is 91.5 Å². The smallest absolute Gasteiger partial charge is 0.120 e. The van der Waals surface area contributed by atoms with Crippen LogP contribution < -0.4 is 10.4 Å². The predicted molar refractivity (Wildman–Crippen MR) is 348 cm³/mol. The van der Waals surface area contributed by atoms with Gasteiger partial charge >= 0.3 is 0 Å². The monoisotopic (exact) mass is 1550 g/mol. The van der Waals surface area contributed by atoms with Crippen molar-refractivity contribution in [1.29, 1.82) is 0 Å². The number of rotatable bonds is 28. The van der Waals surface area contributed by atoms with Gasteiger partial charge < -0.3 is 0 Å². The molecule has 0 aliphatic carbocycles. The first-order valence-corrected chi connectivity index (χ1v) is 37.7. The van der Waals surface area contributed by atoms with E-state index in [4.69, 9.17) is 17.5 Å². The van der Waals surface area contributed by atoms with Crippen LogP contribution in [0.3, 0.4) is 0 Å². The van der Waals surface area contributed by atoms with Crippen molar-refractivity contribution in [2.24, 2.45) is 11.8 Å². The van der Waals surface area contributed by atoms with Crippen LogP contribution in [0.1, 0.15) is 154 Å². The molecule has 1 aliphatic rings. The Hall–Kier alpha value is -2.13. The summed E-state index contributed by atoms with van der Waals surface area (Å²) in [7, 11) is -2.34. The predicted octanol–water partition coefficient (Wildman–Crippen LogP) is 21.9. The SMILES string of the molecule is CCCCCCc1ccc(-c2ccc(-c3c[c-]c(-c4cc5c(s4)-c4sc(-c6[c-]cc(-c7ccc(-c8ccc(CCCCCC)s8)s7)c7nsnc67)cc4[Si]5(CC(CC)CCCC)CC(CC)CCCC)c4nsnc34)s2)s1.[W].[W]. The number of aromatic nitrogens is 4. The van der Waals surface area contributed by atoms with Crippen LogP contribution in [-0.4, -0.2) is 25.6 Å². The molecule has 0 fully saturated rings. The molecule has 0 bridgehead atoms. The first-order valence-electron chi connectivity index (χ1n) is 28.9. The van der Waals surface area contributed by atoms with Gasteiger partial charge in [-0.3, -0.25) is 0 Å². The maximum absolute atomic E-state index is 5.09. The van der Waals surface area contributed by atoms with Crippen molar-refractivity contribution in [1.82, 2.24) is 17.5 Å². The summed E-state index contributed by atoms with van der Waals surface area (Å²) in [5.41, 5.74) is 8.46. The van der Waals surface area contributed by atoms with E-state index in [1.807, 2.05) is 68.0 Å². The number of unbranched alkanes of at least 4 members (excludes halogenated alkanes) is 8. The van der Waals surface area contributed by atoms with Gasteiger partial charge in [-0.15, -0.1) is 80.7 Å². The number of benzene rings is 2. The molecule has 0 spiro atoms. The number of hydrogen-bond acceptors (Lipinski definition) is 12. The topological polar surface area (TPSA) is 51.6 Å². The van der Waals surface area contributed by atoms with Gasteiger partial charge in [-0.05, 0) is 116 Å². The van der Waals surface area contributed by atoms with E-state index in [1.54, 1.807) is 10.4 Å². The van der Waals surface area contributed by atoms with E-state index in [1.165, 1.54) is 210 Å². The largest absolute Gasteiger partial charge is 0.224 e. The minimum atomic E-state index is -2.34. The van der Waals surface area contributed by atoms with Crippen molar-refractivity contribution in [3.8, 4) is 71.0 Å². The third kappa shape index (κ3) is 13.1. The molecule has 414 valence electrons. The summed E-state index contributed by atoms with van der Waals surface area (Å²) >= 11 is 14.3. The molecule has 0 radical (unpaired) electrons. The minimum absolute atomic E-state index is 0. The maximum atomic E-state index is 5.09. The maximum Gasteiger partial charge on any atom is 0.120 e. The van der Waals surface area contributed by atoms with Crippen LogP contribution in [-0.2, 0) is 55.0 Å². The molecule has 8 aromatic heterocycles. The average Bonchev–Trinajstić information content (AvgIpc) is 3.39. The van der Waals surface area contributed by atoms with Gasteiger partial charge in [0.05, 0.1) is 23.5 Å². The van der Waals surface area contributed by atoms with Crippen molar-refractivity contribution in [3.63, 3.8) is 0 Å². The van der Waals surface area contributed by atoms with Gasteiger partial charge in [0.1, 0.15) is 8.07 Å². The van der Waals surface area contributed by atoms with Crippen molar-refractivity contribution >= 4 is 132 Å². The molecule has 4 nitrogen and oxygen atoms in total. The Morgan fingerprint density at radius 3 is 1.23 bits per heavy atom. The molecule has 2 aromatic carbocycles. The summed E-state index contributed by atoms with van der Waals surface area (Å²) in [6.07, 6.45) is 22.9. The van der Waals surface area contributed by atoms with E-state index in [9.17, 15) is 0 Å². The van der Waals surface area contributed by atoms with Crippen molar-refractivity contribution in [3.05, 3.63) is 94.7 Å². The third-order valence-corrected chi connectivity index (χ3v) is 30.5. The molecule has 11 rings (SSSR count). The Morgan fingerprint density at radius 2 is 0.810 bits per heavy atom. The van der Waals surface area contributed by atoms with Gasteiger partial charge in [-0.1, -0.05) is 167 Å². The first kappa shape index (κ1) is 61.4. The van der Waals surface area contributed by atoms with Crippen LogP contribution in [0.5, 0.6) is 0 Å². The summed E-state index contributed by atoms with van der Waals surface area (Å²) in [6.45, 7) is 14.2. The third-order valence-electron chi connectivity index (χ3n) is 16.3. The molecule has 0 saturated carbocycles. The van der Waals surface area contributed by atoms with Gasteiger partial charge in [-0.25, -0.2) is 8.75 Å². The Morgan fingerprint density at radius 1 is 0.418 bits per heavy atom. The number of fused-ring (bicyclic) bond motifs is 5. The van der Waals surface area contributed by atoms with E-state index in [2.05, 4.69) is 126 Å². The van der Waals surface area contributed by atoms with Crippen LogP contribution in [0.2, 0.25) is 12.1 Å². The molecule has 0 saturated heterocycles. The average molecular weight is 1550 g/mol. The van der Waals surface area contributed by atoms with E-state index < -0.39 is 8.07 Å². The molecular weight excluding hydrogens is 1480 g/mol. The number of nitrogens with zero attached hydrogens (tertiary/aromatic N) is 4. The molecule has 2 unspecified atom stereocenters. The van der Waals surface area contributed by atoms with Crippen molar-refractivity contribution in [2.45, 2.75) is 169 Å². The fraction of sp³-hybridized carbons (Fsp3) is 0.438. The Labute approximate surface area is 532 Å². The van der Waals surface area contributed by atoms with Crippen LogP contribution in [0.25, 0.3) is 93.1 Å². The molecule has 10 aromatic rings. The standard InChI is InChI=1S/C64H72N4S8Si.2W/c1-7-13-17-19-23-43-25-31-51(69-43)53-35-33-49(71-53)45-27-29-47(61-59(45)65-75-67-61)55-37-57-63(73-55)64-58(77(57,39-41(11-5)21-15-9-3)40-42(12-6)22-16-10-4)38-56(74-64)48-30-28-46(60-62(48)68-76-66-60)50-34-36-54(72-50)52-32-26-44(70-52)24-20-18-14-8-2;;/h25-28,31-38,41-42H,7-24,39-40H2,1-6H3;;/q-2;;. The second-order valence-corrected chi connectivity index (χ2v) is 33.3. The molecule has 0 amide bonds. The second kappa shape index (κ2) is 28.6. The van der Waals surface area contributed by atoms with Gasteiger partial charge in [0.2, 0.25) is 0 Å². The fourth-order valence-corrected chi connectivity index (χ4v) is 27.8. The van der Waals surface area contributed by atoms with E-state index in [0.717, 1.165) is 44.3 Å². The van der Waals surface area contributed by atoms with Crippen molar-refractivity contribution < 1.29 is 42.1 Å². The molecule has 0 N–H and O–H groups in total. The number of thiophene rings is 6. The molecule has 2 atom stereocenters. The number of hydrogen-bond donors (Lipinski definition) is 0. The fourth-order valence-electron chi connectivity index (χ4n) is 12.0. The zero-order valence-corrected chi connectivity index (χ0v) is 60.0. The van der Waals surface area contributed by atoms with Crippen LogP contribution in [0.4, 0.5) is 0 Å². The molecule has 1 aliphatic heterocycles. The van der Waals surface area contributed by atoms with Crippen LogP contribution in [0.15, 0.2) is 72.8 Å². The Kier molecular flexibility index (Phi) is 22.3. The number of aryl methyl sites for hydroxylation is 2. The van der Waals surface area contributed by atoms with Gasteiger partial charge in [0.15, 0.2) is 0 Å². The Bertz CT molecular complexity index is 3320. The summed E-state index contributed by atoms with van der Waals surface area (Å²) in [5.74, 6) is 1.39. The van der Waals surface area contributed by atoms with Gasteiger partial charge in [-0.2, -0.15) is 31.4 Å². The molecular formula is C64H72N4S8SiW2-2. The van der Waals surface area contributed by atoms with Gasteiger partial charge in [0, 0.05) is 103 Å². The normalized spacial score (nSPS) is 13.5. The summed E-state index contributed by atoms with van der Waals surface area (Å²) < 4.78 is 20.2. The van der Waals surface area contributed by atoms with E-state index in [0.29, 0.717) is 11.8 Å². The van der Waals surface area contributed by atoms with E-state index in [-0.39, 0.29) is 42.1 Å². The second-order valence-electron chi connectivity index (χ2n) is 21.6. The van der Waals surface area contributed by atoms with Gasteiger partial charge in [0.25, 0.3) is 0 Å². The van der Waals surface area contributed by atoms with E-state index >= 15 is 0 Å². The summed E-state index contributed by atoms with van der Waals surface area (Å²) in [5, 5.41) is 3.35.